The third-order valence-corrected chi connectivity index (χ3v) is 8.25. The SMILES string of the molecule is Cc1nc(C(=O)N2CCOC3(CCN(Cc4cccc(CN[C@@H](CO)c5ccccc5)c4)CC3)C2)cs1. The Bertz CT molecular complexity index is 1180. The van der Waals surface area contributed by atoms with Crippen LogP contribution in [-0.2, 0) is 17.8 Å². The lowest BCUT2D eigenvalue weighted by Crippen LogP contribution is -2.58. The minimum Gasteiger partial charge on any atom is -0.394 e. The number of carbonyl (C=O) groups is 1. The average molecular weight is 521 g/mol. The van der Waals surface area contributed by atoms with Gasteiger partial charge in [-0.1, -0.05) is 54.6 Å². The highest BCUT2D eigenvalue weighted by molar-refractivity contribution is 7.09. The maximum absolute atomic E-state index is 13.0. The van der Waals surface area contributed by atoms with Gasteiger partial charge in [-0.15, -0.1) is 11.3 Å². The molecule has 0 aliphatic carbocycles. The molecule has 3 heterocycles. The van der Waals surface area contributed by atoms with E-state index in [2.05, 4.69) is 39.5 Å². The van der Waals surface area contributed by atoms with Crippen LogP contribution in [0.1, 0.15) is 51.1 Å². The Morgan fingerprint density at radius 1 is 1.14 bits per heavy atom. The van der Waals surface area contributed by atoms with E-state index in [1.807, 2.05) is 47.5 Å². The number of nitrogens with zero attached hydrogens (tertiary/aromatic N) is 3. The fourth-order valence-electron chi connectivity index (χ4n) is 5.37. The minimum atomic E-state index is -0.252. The summed E-state index contributed by atoms with van der Waals surface area (Å²) in [4.78, 5) is 21.8. The second-order valence-electron chi connectivity index (χ2n) is 10.1. The number of rotatable bonds is 8. The van der Waals surface area contributed by atoms with Gasteiger partial charge in [0.1, 0.15) is 5.69 Å². The van der Waals surface area contributed by atoms with Gasteiger partial charge >= 0.3 is 0 Å². The quantitative estimate of drug-likeness (QED) is 0.471. The predicted octanol–water partition coefficient (Wildman–Crippen LogP) is 3.78. The van der Waals surface area contributed by atoms with Crippen molar-refractivity contribution in [2.45, 2.75) is 44.5 Å². The predicted molar refractivity (Wildman–Crippen MR) is 145 cm³/mol. The van der Waals surface area contributed by atoms with Crippen molar-refractivity contribution in [1.29, 1.82) is 0 Å². The van der Waals surface area contributed by atoms with E-state index in [1.54, 1.807) is 0 Å². The number of hydrogen-bond acceptors (Lipinski definition) is 7. The molecule has 8 heteroatoms. The Kier molecular flexibility index (Phi) is 8.32. The number of aromatic nitrogens is 1. The van der Waals surface area contributed by atoms with Crippen LogP contribution in [0.2, 0.25) is 0 Å². The maximum atomic E-state index is 13.0. The van der Waals surface area contributed by atoms with Gasteiger partial charge in [-0.05, 0) is 36.5 Å². The number of amides is 1. The van der Waals surface area contributed by atoms with Gasteiger partial charge in [-0.25, -0.2) is 4.98 Å². The normalized spacial score (nSPS) is 18.7. The number of benzene rings is 2. The summed E-state index contributed by atoms with van der Waals surface area (Å²) < 4.78 is 6.28. The highest BCUT2D eigenvalue weighted by atomic mass is 32.1. The Morgan fingerprint density at radius 3 is 2.65 bits per heavy atom. The topological polar surface area (TPSA) is 77.9 Å². The Labute approximate surface area is 223 Å². The minimum absolute atomic E-state index is 0.0237. The molecule has 1 atom stereocenters. The van der Waals surface area contributed by atoms with E-state index in [-0.39, 0.29) is 24.2 Å². The number of thiazole rings is 1. The lowest BCUT2D eigenvalue weighted by Gasteiger charge is -2.47. The molecule has 3 aromatic rings. The molecule has 2 saturated heterocycles. The van der Waals surface area contributed by atoms with Gasteiger partial charge in [0.05, 0.1) is 36.4 Å². The lowest BCUT2D eigenvalue weighted by molar-refractivity contribution is -0.128. The van der Waals surface area contributed by atoms with Gasteiger partial charge in [0.25, 0.3) is 5.91 Å². The molecule has 2 aliphatic rings. The number of likely N-dealkylation sites (tertiary alicyclic amines) is 1. The van der Waals surface area contributed by atoms with Crippen LogP contribution in [0, 0.1) is 6.92 Å². The van der Waals surface area contributed by atoms with Gasteiger partial charge in [0.15, 0.2) is 0 Å². The summed E-state index contributed by atoms with van der Waals surface area (Å²) in [6.45, 7) is 7.34. The monoisotopic (exact) mass is 520 g/mol. The average Bonchev–Trinajstić information content (AvgIpc) is 3.37. The number of hydrogen-bond donors (Lipinski definition) is 2. The standard InChI is InChI=1S/C29H36N4O3S/c1-22-31-27(20-37-22)28(35)33-14-15-36-29(21-33)10-12-32(13-11-29)18-24-7-5-6-23(16-24)17-30-26(19-34)25-8-3-2-4-9-25/h2-9,16,20,26,30,34H,10-15,17-19,21H2,1H3/t26-/m0/s1. The second kappa shape index (κ2) is 11.8. The molecule has 1 aromatic heterocycles. The van der Waals surface area contributed by atoms with E-state index < -0.39 is 0 Å². The Balaban J connectivity index is 1.13. The van der Waals surface area contributed by atoms with Crippen molar-refractivity contribution in [1.82, 2.24) is 20.1 Å². The zero-order chi connectivity index (χ0) is 25.7. The van der Waals surface area contributed by atoms with Crippen LogP contribution in [0.5, 0.6) is 0 Å². The van der Waals surface area contributed by atoms with E-state index in [0.29, 0.717) is 31.9 Å². The summed E-state index contributed by atoms with van der Waals surface area (Å²) in [5.74, 6) is 0.0237. The largest absolute Gasteiger partial charge is 0.394 e. The highest BCUT2D eigenvalue weighted by Gasteiger charge is 2.41. The Hall–Kier alpha value is -2.62. The number of piperidine rings is 1. The molecule has 37 heavy (non-hydrogen) atoms. The zero-order valence-corrected chi connectivity index (χ0v) is 22.3. The van der Waals surface area contributed by atoms with E-state index in [9.17, 15) is 9.90 Å². The molecule has 0 saturated carbocycles. The molecule has 1 spiro atoms. The van der Waals surface area contributed by atoms with Crippen LogP contribution in [0.25, 0.3) is 0 Å². The van der Waals surface area contributed by atoms with Crippen LogP contribution in [0.3, 0.4) is 0 Å². The summed E-state index contributed by atoms with van der Waals surface area (Å²) in [5, 5.41) is 16.1. The molecule has 2 aromatic carbocycles. The summed E-state index contributed by atoms with van der Waals surface area (Å²) in [6.07, 6.45) is 1.84. The number of ether oxygens (including phenoxy) is 1. The molecular formula is C29H36N4O3S. The molecule has 2 N–H and O–H groups in total. The third-order valence-electron chi connectivity index (χ3n) is 7.48. The Morgan fingerprint density at radius 2 is 1.92 bits per heavy atom. The molecule has 2 fully saturated rings. The summed E-state index contributed by atoms with van der Waals surface area (Å²) in [6, 6.07) is 18.7. The first-order valence-electron chi connectivity index (χ1n) is 13.1. The molecular weight excluding hydrogens is 484 g/mol. The molecule has 2 aliphatic heterocycles. The molecule has 0 radical (unpaired) electrons. The fourth-order valence-corrected chi connectivity index (χ4v) is 5.96. The van der Waals surface area contributed by atoms with Crippen LogP contribution in [-0.4, -0.2) is 70.8 Å². The van der Waals surface area contributed by atoms with E-state index in [4.69, 9.17) is 4.74 Å². The van der Waals surface area contributed by atoms with Crippen LogP contribution < -0.4 is 5.32 Å². The van der Waals surface area contributed by atoms with Crippen LogP contribution in [0.15, 0.2) is 60.0 Å². The first-order valence-corrected chi connectivity index (χ1v) is 14.0. The van der Waals surface area contributed by atoms with E-state index in [1.165, 1.54) is 22.5 Å². The number of aliphatic hydroxyl groups excluding tert-OH is 1. The second-order valence-corrected chi connectivity index (χ2v) is 11.2. The highest BCUT2D eigenvalue weighted by Crippen LogP contribution is 2.31. The van der Waals surface area contributed by atoms with Crippen LogP contribution >= 0.6 is 11.3 Å². The molecule has 5 rings (SSSR count). The van der Waals surface area contributed by atoms with Crippen molar-refractivity contribution >= 4 is 17.2 Å². The number of aryl methyl sites for hydroxylation is 1. The number of aliphatic hydroxyl groups is 1. The van der Waals surface area contributed by atoms with E-state index in [0.717, 1.165) is 43.0 Å². The van der Waals surface area contributed by atoms with Crippen molar-refractivity contribution < 1.29 is 14.6 Å². The smallest absolute Gasteiger partial charge is 0.273 e. The summed E-state index contributed by atoms with van der Waals surface area (Å²) >= 11 is 1.52. The summed E-state index contributed by atoms with van der Waals surface area (Å²) in [7, 11) is 0. The van der Waals surface area contributed by atoms with Crippen molar-refractivity contribution in [3.8, 4) is 0 Å². The van der Waals surface area contributed by atoms with Crippen LogP contribution in [0.4, 0.5) is 0 Å². The molecule has 1 amide bonds. The first kappa shape index (κ1) is 26.0. The summed E-state index contributed by atoms with van der Waals surface area (Å²) in [5.41, 5.74) is 3.90. The number of morpholine rings is 1. The van der Waals surface area contributed by atoms with Gasteiger partial charge in [0.2, 0.25) is 0 Å². The molecule has 196 valence electrons. The fraction of sp³-hybridized carbons (Fsp3) is 0.448. The van der Waals surface area contributed by atoms with Crippen molar-refractivity contribution in [2.24, 2.45) is 0 Å². The molecule has 7 nitrogen and oxygen atoms in total. The van der Waals surface area contributed by atoms with Crippen molar-refractivity contribution in [3.05, 3.63) is 87.4 Å². The molecule has 0 unspecified atom stereocenters. The van der Waals surface area contributed by atoms with Gasteiger partial charge in [0, 0.05) is 38.1 Å². The third kappa shape index (κ3) is 6.45. The van der Waals surface area contributed by atoms with Gasteiger partial charge in [-0.2, -0.15) is 0 Å². The number of carbonyl (C=O) groups excluding carboxylic acids is 1. The van der Waals surface area contributed by atoms with Gasteiger partial charge in [-0.3, -0.25) is 9.69 Å². The molecule has 0 bridgehead atoms. The lowest BCUT2D eigenvalue weighted by atomic mass is 9.89. The van der Waals surface area contributed by atoms with Crippen molar-refractivity contribution in [2.75, 3.05) is 39.4 Å². The first-order chi connectivity index (χ1) is 18.0. The maximum Gasteiger partial charge on any atom is 0.273 e. The number of nitrogens with one attached hydrogen (secondary N) is 1. The van der Waals surface area contributed by atoms with E-state index >= 15 is 0 Å². The van der Waals surface area contributed by atoms with Gasteiger partial charge < -0.3 is 20.1 Å². The zero-order valence-electron chi connectivity index (χ0n) is 21.4. The van der Waals surface area contributed by atoms with Crippen molar-refractivity contribution in [3.63, 3.8) is 0 Å².